The molecule has 0 aliphatic rings. The molecule has 0 amide bonds. The van der Waals surface area contributed by atoms with Crippen molar-refractivity contribution in [2.75, 3.05) is 6.54 Å². The number of nitrogens with one attached hydrogen (secondary N) is 1. The maximum atomic E-state index is 13.5. The number of hydrogen-bond acceptors (Lipinski definition) is 2. The summed E-state index contributed by atoms with van der Waals surface area (Å²) in [6.45, 7) is 4.58. The van der Waals surface area contributed by atoms with Crippen LogP contribution in [0.25, 0.3) is 0 Å². The van der Waals surface area contributed by atoms with Gasteiger partial charge in [-0.25, -0.2) is 8.78 Å². The highest BCUT2D eigenvalue weighted by molar-refractivity contribution is 6.30. The number of halogens is 3. The molecule has 0 heterocycles. The van der Waals surface area contributed by atoms with Crippen LogP contribution in [0.1, 0.15) is 25.8 Å². The molecule has 0 saturated carbocycles. The molecular formula is C12H17ClF2N2. The molecule has 1 rings (SSSR count). The first-order chi connectivity index (χ1) is 7.91. The van der Waals surface area contributed by atoms with Gasteiger partial charge in [0.1, 0.15) is 11.6 Å². The first-order valence-electron chi connectivity index (χ1n) is 5.50. The molecule has 0 bridgehead atoms. The number of rotatable bonds is 5. The van der Waals surface area contributed by atoms with E-state index in [-0.39, 0.29) is 22.7 Å². The molecule has 0 fully saturated rings. The minimum absolute atomic E-state index is 0.205. The maximum Gasteiger partial charge on any atom is 0.142 e. The zero-order chi connectivity index (χ0) is 13.1. The maximum absolute atomic E-state index is 13.5. The van der Waals surface area contributed by atoms with Crippen molar-refractivity contribution < 1.29 is 8.78 Å². The summed E-state index contributed by atoms with van der Waals surface area (Å²) in [6, 6.07) is 2.09. The monoisotopic (exact) mass is 262 g/mol. The topological polar surface area (TPSA) is 38.0 Å². The minimum atomic E-state index is -0.615. The van der Waals surface area contributed by atoms with Crippen molar-refractivity contribution in [1.82, 2.24) is 5.32 Å². The van der Waals surface area contributed by atoms with Gasteiger partial charge in [-0.1, -0.05) is 18.5 Å². The molecule has 0 spiro atoms. The Hall–Kier alpha value is -0.710. The minimum Gasteiger partial charge on any atom is -0.329 e. The zero-order valence-corrected chi connectivity index (χ0v) is 10.7. The van der Waals surface area contributed by atoms with Gasteiger partial charge in [0.2, 0.25) is 0 Å². The highest BCUT2D eigenvalue weighted by atomic mass is 35.5. The van der Waals surface area contributed by atoms with Gasteiger partial charge in [-0.05, 0) is 25.5 Å². The van der Waals surface area contributed by atoms with Crippen LogP contribution in [-0.2, 0) is 6.54 Å². The fourth-order valence-electron chi connectivity index (χ4n) is 1.35. The summed E-state index contributed by atoms with van der Waals surface area (Å²) in [5, 5.41) is 2.92. The number of nitrogens with two attached hydrogens (primary N) is 1. The fourth-order valence-corrected chi connectivity index (χ4v) is 1.50. The Morgan fingerprint density at radius 3 is 2.53 bits per heavy atom. The van der Waals surface area contributed by atoms with E-state index in [4.69, 9.17) is 17.3 Å². The summed E-state index contributed by atoms with van der Waals surface area (Å²) in [4.78, 5) is 0. The quantitative estimate of drug-likeness (QED) is 0.801. The average Bonchev–Trinajstić information content (AvgIpc) is 2.32. The SMILES string of the molecule is CCC(C)(CN)NCc1cc(F)c(Cl)cc1F. The molecule has 0 aliphatic heterocycles. The Balaban J connectivity index is 2.79. The third kappa shape index (κ3) is 3.63. The molecule has 17 heavy (non-hydrogen) atoms. The summed E-state index contributed by atoms with van der Waals surface area (Å²) in [5.74, 6) is -1.13. The summed E-state index contributed by atoms with van der Waals surface area (Å²) in [6.07, 6.45) is 0.807. The second kappa shape index (κ2) is 5.76. The molecule has 0 aromatic heterocycles. The van der Waals surface area contributed by atoms with Crippen LogP contribution in [0.4, 0.5) is 8.78 Å². The van der Waals surface area contributed by atoms with E-state index in [1.165, 1.54) is 0 Å². The lowest BCUT2D eigenvalue weighted by Crippen LogP contribution is -2.47. The van der Waals surface area contributed by atoms with E-state index in [9.17, 15) is 8.78 Å². The van der Waals surface area contributed by atoms with Gasteiger partial charge in [-0.2, -0.15) is 0 Å². The number of benzene rings is 1. The molecule has 1 aromatic carbocycles. The lowest BCUT2D eigenvalue weighted by Gasteiger charge is -2.28. The van der Waals surface area contributed by atoms with Crippen LogP contribution in [0, 0.1) is 11.6 Å². The molecule has 96 valence electrons. The van der Waals surface area contributed by atoms with Crippen LogP contribution >= 0.6 is 11.6 Å². The molecule has 0 radical (unpaired) electrons. The summed E-state index contributed by atoms with van der Waals surface area (Å²) < 4.78 is 26.7. The van der Waals surface area contributed by atoms with Crippen LogP contribution < -0.4 is 11.1 Å². The molecule has 0 saturated heterocycles. The van der Waals surface area contributed by atoms with E-state index in [1.54, 1.807) is 0 Å². The van der Waals surface area contributed by atoms with Crippen molar-refractivity contribution in [3.63, 3.8) is 0 Å². The second-order valence-corrected chi connectivity index (χ2v) is 4.74. The lowest BCUT2D eigenvalue weighted by molar-refractivity contribution is 0.347. The first kappa shape index (κ1) is 14.4. The molecule has 1 unspecified atom stereocenters. The van der Waals surface area contributed by atoms with Crippen molar-refractivity contribution in [2.24, 2.45) is 5.73 Å². The van der Waals surface area contributed by atoms with Crippen LogP contribution in [0.2, 0.25) is 5.02 Å². The Kier molecular flexibility index (Phi) is 4.86. The van der Waals surface area contributed by atoms with Crippen LogP contribution in [0.3, 0.4) is 0 Å². The van der Waals surface area contributed by atoms with Gasteiger partial charge >= 0.3 is 0 Å². The number of hydrogen-bond donors (Lipinski definition) is 2. The smallest absolute Gasteiger partial charge is 0.142 e. The van der Waals surface area contributed by atoms with Crippen molar-refractivity contribution >= 4 is 11.6 Å². The highest BCUT2D eigenvalue weighted by Crippen LogP contribution is 2.20. The van der Waals surface area contributed by atoms with E-state index in [0.29, 0.717) is 6.54 Å². The lowest BCUT2D eigenvalue weighted by atomic mass is 9.99. The van der Waals surface area contributed by atoms with Gasteiger partial charge < -0.3 is 11.1 Å². The fraction of sp³-hybridized carbons (Fsp3) is 0.500. The Morgan fingerprint density at radius 2 is 2.00 bits per heavy atom. The average molecular weight is 263 g/mol. The molecule has 1 aromatic rings. The molecular weight excluding hydrogens is 246 g/mol. The van der Waals surface area contributed by atoms with Gasteiger partial charge in [0.05, 0.1) is 5.02 Å². The van der Waals surface area contributed by atoms with Crippen LogP contribution in [0.5, 0.6) is 0 Å². The van der Waals surface area contributed by atoms with Gasteiger partial charge in [0, 0.05) is 24.2 Å². The van der Waals surface area contributed by atoms with Gasteiger partial charge in [-0.15, -0.1) is 0 Å². The second-order valence-electron chi connectivity index (χ2n) is 4.33. The molecule has 5 heteroatoms. The Bertz CT molecular complexity index is 392. The Morgan fingerprint density at radius 1 is 1.35 bits per heavy atom. The zero-order valence-electron chi connectivity index (χ0n) is 9.99. The predicted octanol–water partition coefficient (Wildman–Crippen LogP) is 2.84. The largest absolute Gasteiger partial charge is 0.329 e. The van der Waals surface area contributed by atoms with E-state index in [2.05, 4.69) is 5.32 Å². The molecule has 2 nitrogen and oxygen atoms in total. The van der Waals surface area contributed by atoms with Crippen molar-refractivity contribution in [3.05, 3.63) is 34.4 Å². The van der Waals surface area contributed by atoms with Crippen LogP contribution in [0.15, 0.2) is 12.1 Å². The molecule has 1 atom stereocenters. The Labute approximate surface area is 105 Å². The standard InChI is InChI=1S/C12H17ClF2N2/c1-3-12(2,7-16)17-6-8-4-11(15)9(13)5-10(8)14/h4-5,17H,3,6-7,16H2,1-2H3. The van der Waals surface area contributed by atoms with Crippen LogP contribution in [-0.4, -0.2) is 12.1 Å². The van der Waals surface area contributed by atoms with E-state index in [0.717, 1.165) is 18.6 Å². The first-order valence-corrected chi connectivity index (χ1v) is 5.88. The summed E-state index contributed by atoms with van der Waals surface area (Å²) >= 11 is 5.48. The van der Waals surface area contributed by atoms with E-state index in [1.807, 2.05) is 13.8 Å². The summed E-state index contributed by atoms with van der Waals surface area (Å²) in [7, 11) is 0. The summed E-state index contributed by atoms with van der Waals surface area (Å²) in [5.41, 5.74) is 5.60. The van der Waals surface area contributed by atoms with E-state index >= 15 is 0 Å². The highest BCUT2D eigenvalue weighted by Gasteiger charge is 2.19. The van der Waals surface area contributed by atoms with Crippen molar-refractivity contribution in [1.29, 1.82) is 0 Å². The van der Waals surface area contributed by atoms with Gasteiger partial charge in [-0.3, -0.25) is 0 Å². The van der Waals surface area contributed by atoms with Crippen molar-refractivity contribution in [3.8, 4) is 0 Å². The molecule has 0 aliphatic carbocycles. The van der Waals surface area contributed by atoms with Crippen molar-refractivity contribution in [2.45, 2.75) is 32.4 Å². The third-order valence-corrected chi connectivity index (χ3v) is 3.32. The van der Waals surface area contributed by atoms with Gasteiger partial charge in [0.25, 0.3) is 0 Å². The normalized spacial score (nSPS) is 14.7. The molecule has 3 N–H and O–H groups in total. The third-order valence-electron chi connectivity index (χ3n) is 3.03. The predicted molar refractivity (Wildman–Crippen MR) is 66.0 cm³/mol. The van der Waals surface area contributed by atoms with E-state index < -0.39 is 11.6 Å². The van der Waals surface area contributed by atoms with Gasteiger partial charge in [0.15, 0.2) is 0 Å².